The second-order valence-electron chi connectivity index (χ2n) is 5.30. The lowest BCUT2D eigenvalue weighted by molar-refractivity contribution is -0.140. The Morgan fingerprint density at radius 3 is 1.35 bits per heavy atom. The molecule has 0 saturated carbocycles. The van der Waals surface area contributed by atoms with Crippen molar-refractivity contribution >= 4 is 11.8 Å². The molecule has 118 valence electrons. The first-order chi connectivity index (χ1) is 9.40. The number of amides is 2. The topological polar surface area (TPSA) is 98.7 Å². The number of carbonyl (C=O) groups excluding carboxylic acids is 2. The lowest BCUT2D eigenvalue weighted by atomic mass is 9.99. The first-order valence-corrected chi connectivity index (χ1v) is 7.24. The van der Waals surface area contributed by atoms with Crippen LogP contribution in [0.1, 0.15) is 40.5 Å². The summed E-state index contributed by atoms with van der Waals surface area (Å²) in [6, 6.07) is -0.871. The molecule has 0 aliphatic heterocycles. The smallest absolute Gasteiger partial charge is 0.309 e. The molecule has 0 rings (SSSR count). The fourth-order valence-electron chi connectivity index (χ4n) is 1.77. The Labute approximate surface area is 120 Å². The van der Waals surface area contributed by atoms with Crippen LogP contribution in [0.25, 0.3) is 0 Å². The van der Waals surface area contributed by atoms with E-state index in [9.17, 15) is 19.8 Å². The van der Waals surface area contributed by atoms with E-state index in [2.05, 4.69) is 10.6 Å². The SMILES string of the molecule is CC[C@H](C)[C@@H](CO)NC(=O)C(=O)N[C@H](CO)[C@@H](C)CC. The van der Waals surface area contributed by atoms with Gasteiger partial charge in [-0.2, -0.15) is 0 Å². The molecule has 0 radical (unpaired) electrons. The van der Waals surface area contributed by atoms with Crippen molar-refractivity contribution < 1.29 is 19.8 Å². The van der Waals surface area contributed by atoms with Gasteiger partial charge in [0.2, 0.25) is 0 Å². The maximum Gasteiger partial charge on any atom is 0.309 e. The van der Waals surface area contributed by atoms with Crippen LogP contribution in [0.2, 0.25) is 0 Å². The Kier molecular flexibility index (Phi) is 9.16. The van der Waals surface area contributed by atoms with Gasteiger partial charge in [-0.1, -0.05) is 40.5 Å². The third-order valence-corrected chi connectivity index (χ3v) is 3.89. The average Bonchev–Trinajstić information content (AvgIpc) is 2.47. The summed E-state index contributed by atoms with van der Waals surface area (Å²) < 4.78 is 0. The first-order valence-electron chi connectivity index (χ1n) is 7.24. The van der Waals surface area contributed by atoms with Crippen LogP contribution >= 0.6 is 0 Å². The van der Waals surface area contributed by atoms with Gasteiger partial charge >= 0.3 is 11.8 Å². The van der Waals surface area contributed by atoms with Crippen molar-refractivity contribution in [3.63, 3.8) is 0 Å². The summed E-state index contributed by atoms with van der Waals surface area (Å²) in [5.41, 5.74) is 0. The van der Waals surface area contributed by atoms with Crippen LogP contribution in [0.4, 0.5) is 0 Å². The van der Waals surface area contributed by atoms with Gasteiger partial charge < -0.3 is 20.8 Å². The molecule has 0 heterocycles. The van der Waals surface area contributed by atoms with Gasteiger partial charge in [-0.15, -0.1) is 0 Å². The van der Waals surface area contributed by atoms with Gasteiger partial charge in [0.25, 0.3) is 0 Å². The van der Waals surface area contributed by atoms with Crippen LogP contribution in [0, 0.1) is 11.8 Å². The normalized spacial score (nSPS) is 16.9. The number of aliphatic hydroxyl groups excluding tert-OH is 2. The van der Waals surface area contributed by atoms with Crippen molar-refractivity contribution in [2.45, 2.75) is 52.6 Å². The van der Waals surface area contributed by atoms with Crippen LogP contribution in [-0.2, 0) is 9.59 Å². The summed E-state index contributed by atoms with van der Waals surface area (Å²) in [6.07, 6.45) is 1.58. The molecule has 0 aromatic rings. The minimum atomic E-state index is -0.772. The summed E-state index contributed by atoms with van der Waals surface area (Å²) in [6.45, 7) is 7.28. The summed E-state index contributed by atoms with van der Waals surface area (Å²) >= 11 is 0. The molecule has 4 atom stereocenters. The Bertz CT molecular complexity index is 280. The van der Waals surface area contributed by atoms with E-state index in [4.69, 9.17) is 0 Å². The van der Waals surface area contributed by atoms with Gasteiger partial charge in [-0.25, -0.2) is 0 Å². The van der Waals surface area contributed by atoms with Gasteiger partial charge in [0, 0.05) is 0 Å². The number of hydrogen-bond donors (Lipinski definition) is 4. The standard InChI is InChI=1S/C14H28N2O4/c1-5-9(3)11(7-17)15-13(19)14(20)16-12(8-18)10(4)6-2/h9-12,17-18H,5-8H2,1-4H3,(H,15,19)(H,16,20)/t9-,10-,11+,12+/m0/s1. The molecule has 0 saturated heterocycles. The van der Waals surface area contributed by atoms with E-state index >= 15 is 0 Å². The molecule has 0 aliphatic carbocycles. The van der Waals surface area contributed by atoms with E-state index in [1.54, 1.807) is 0 Å². The maximum atomic E-state index is 11.8. The number of aliphatic hydroxyl groups is 2. The first kappa shape index (κ1) is 18.9. The third kappa shape index (κ3) is 5.88. The molecule has 6 nitrogen and oxygen atoms in total. The molecular formula is C14H28N2O4. The zero-order valence-electron chi connectivity index (χ0n) is 12.8. The predicted molar refractivity (Wildman–Crippen MR) is 76.9 cm³/mol. The van der Waals surface area contributed by atoms with Crippen LogP contribution in [0.15, 0.2) is 0 Å². The molecule has 6 heteroatoms. The van der Waals surface area contributed by atoms with Crippen molar-refractivity contribution in [3.05, 3.63) is 0 Å². The monoisotopic (exact) mass is 288 g/mol. The zero-order valence-corrected chi connectivity index (χ0v) is 12.8. The minimum absolute atomic E-state index is 0.0833. The lowest BCUT2D eigenvalue weighted by Gasteiger charge is -2.24. The molecule has 0 aliphatic rings. The quantitative estimate of drug-likeness (QED) is 0.474. The third-order valence-electron chi connectivity index (χ3n) is 3.89. The van der Waals surface area contributed by atoms with Crippen LogP contribution < -0.4 is 10.6 Å². The van der Waals surface area contributed by atoms with Gasteiger partial charge in [0.1, 0.15) is 0 Å². The maximum absolute atomic E-state index is 11.8. The highest BCUT2D eigenvalue weighted by Gasteiger charge is 2.25. The summed E-state index contributed by atoms with van der Waals surface area (Å²) in [4.78, 5) is 23.6. The molecule has 0 bridgehead atoms. The Morgan fingerprint density at radius 2 is 1.15 bits per heavy atom. The van der Waals surface area contributed by atoms with E-state index in [-0.39, 0.29) is 25.0 Å². The Hall–Kier alpha value is -1.14. The fraction of sp³-hybridized carbons (Fsp3) is 0.857. The van der Waals surface area contributed by atoms with Crippen LogP contribution in [-0.4, -0.2) is 47.3 Å². The van der Waals surface area contributed by atoms with Crippen molar-refractivity contribution in [2.75, 3.05) is 13.2 Å². The molecule has 20 heavy (non-hydrogen) atoms. The van der Waals surface area contributed by atoms with Gasteiger partial charge in [0.05, 0.1) is 25.3 Å². The molecule has 0 spiro atoms. The number of hydrogen-bond acceptors (Lipinski definition) is 4. The van der Waals surface area contributed by atoms with Gasteiger partial charge in [0.15, 0.2) is 0 Å². The van der Waals surface area contributed by atoms with Crippen LogP contribution in [0.5, 0.6) is 0 Å². The minimum Gasteiger partial charge on any atom is -0.394 e. The van der Waals surface area contributed by atoms with E-state index in [1.807, 2.05) is 27.7 Å². The van der Waals surface area contributed by atoms with E-state index in [0.717, 1.165) is 12.8 Å². The van der Waals surface area contributed by atoms with E-state index in [0.29, 0.717) is 0 Å². The average molecular weight is 288 g/mol. The van der Waals surface area contributed by atoms with Crippen molar-refractivity contribution in [1.29, 1.82) is 0 Å². The number of carbonyl (C=O) groups is 2. The highest BCUT2D eigenvalue weighted by Crippen LogP contribution is 2.08. The van der Waals surface area contributed by atoms with Crippen LogP contribution in [0.3, 0.4) is 0 Å². The molecule has 0 fully saturated rings. The fourth-order valence-corrected chi connectivity index (χ4v) is 1.77. The summed E-state index contributed by atoms with van der Waals surface area (Å²) in [5, 5.41) is 23.5. The Balaban J connectivity index is 4.50. The molecule has 4 N–H and O–H groups in total. The highest BCUT2D eigenvalue weighted by molar-refractivity contribution is 6.35. The van der Waals surface area contributed by atoms with E-state index in [1.165, 1.54) is 0 Å². The lowest BCUT2D eigenvalue weighted by Crippen LogP contribution is -2.52. The second kappa shape index (κ2) is 9.72. The number of rotatable bonds is 8. The molecule has 0 aromatic carbocycles. The summed E-state index contributed by atoms with van der Waals surface area (Å²) in [7, 11) is 0. The predicted octanol–water partition coefficient (Wildman–Crippen LogP) is 0.0328. The molecule has 0 aromatic heterocycles. The highest BCUT2D eigenvalue weighted by atomic mass is 16.3. The number of nitrogens with one attached hydrogen (secondary N) is 2. The van der Waals surface area contributed by atoms with Gasteiger partial charge in [-0.05, 0) is 11.8 Å². The molecular weight excluding hydrogens is 260 g/mol. The largest absolute Gasteiger partial charge is 0.394 e. The second-order valence-corrected chi connectivity index (χ2v) is 5.30. The summed E-state index contributed by atoms with van der Waals surface area (Å²) in [5.74, 6) is -1.38. The van der Waals surface area contributed by atoms with Crippen molar-refractivity contribution in [3.8, 4) is 0 Å². The van der Waals surface area contributed by atoms with Crippen molar-refractivity contribution in [2.24, 2.45) is 11.8 Å². The zero-order chi connectivity index (χ0) is 15.7. The molecule has 0 unspecified atom stereocenters. The van der Waals surface area contributed by atoms with Crippen molar-refractivity contribution in [1.82, 2.24) is 10.6 Å². The van der Waals surface area contributed by atoms with E-state index < -0.39 is 23.9 Å². The Morgan fingerprint density at radius 1 is 0.850 bits per heavy atom. The molecule has 2 amide bonds. The van der Waals surface area contributed by atoms with Gasteiger partial charge in [-0.3, -0.25) is 9.59 Å².